The second-order valence-corrected chi connectivity index (χ2v) is 13.8. The van der Waals surface area contributed by atoms with Gasteiger partial charge in [0.05, 0.1) is 6.54 Å². The number of carbonyl (C=O) groups is 3. The maximum Gasteiger partial charge on any atom is 0.270 e. The number of benzene rings is 2. The predicted molar refractivity (Wildman–Crippen MR) is 188 cm³/mol. The van der Waals surface area contributed by atoms with Gasteiger partial charge in [-0.1, -0.05) is 24.3 Å². The van der Waals surface area contributed by atoms with E-state index in [9.17, 15) is 23.2 Å². The van der Waals surface area contributed by atoms with Crippen molar-refractivity contribution < 1.29 is 23.2 Å². The van der Waals surface area contributed by atoms with Crippen LogP contribution in [-0.4, -0.2) is 74.8 Å². The molecule has 2 aromatic carbocycles. The number of aromatic amines is 1. The van der Waals surface area contributed by atoms with Gasteiger partial charge in [0.2, 0.25) is 11.7 Å². The summed E-state index contributed by atoms with van der Waals surface area (Å²) in [7, 11) is 0. The highest BCUT2D eigenvalue weighted by molar-refractivity contribution is 5.96. The zero-order valence-corrected chi connectivity index (χ0v) is 28.5. The van der Waals surface area contributed by atoms with Gasteiger partial charge < -0.3 is 21.7 Å². The summed E-state index contributed by atoms with van der Waals surface area (Å²) in [4.78, 5) is 44.4. The van der Waals surface area contributed by atoms with Crippen molar-refractivity contribution in [1.29, 1.82) is 0 Å². The SMILES string of the molecule is Cc1cc(C(=O)NC2CNCC(F)(F)C2)ncc1-c1ccc(C[C@H](CC(=O)C2CCC(CN)CC2)C(=O)Nc2ccc(-c3nn[nH]n3)cc2)cc1. The van der Waals surface area contributed by atoms with E-state index in [0.717, 1.165) is 53.5 Å². The molecule has 1 aliphatic carbocycles. The third-order valence-electron chi connectivity index (χ3n) is 9.95. The van der Waals surface area contributed by atoms with Gasteiger partial charge in [0.1, 0.15) is 11.5 Å². The van der Waals surface area contributed by atoms with Crippen LogP contribution in [0.3, 0.4) is 0 Å². The monoisotopic (exact) mass is 699 g/mol. The van der Waals surface area contributed by atoms with E-state index in [1.54, 1.807) is 36.5 Å². The summed E-state index contributed by atoms with van der Waals surface area (Å²) in [6.07, 6.45) is 5.12. The molecule has 0 spiro atoms. The Kier molecular flexibility index (Phi) is 11.2. The second-order valence-electron chi connectivity index (χ2n) is 13.8. The van der Waals surface area contributed by atoms with Gasteiger partial charge in [0.15, 0.2) is 0 Å². The van der Waals surface area contributed by atoms with Crippen LogP contribution in [0.5, 0.6) is 0 Å². The van der Waals surface area contributed by atoms with Crippen LogP contribution in [0, 0.1) is 24.7 Å². The van der Waals surface area contributed by atoms with Crippen LogP contribution in [0.4, 0.5) is 14.5 Å². The Balaban J connectivity index is 1.13. The summed E-state index contributed by atoms with van der Waals surface area (Å²) in [6, 6.07) is 15.8. The van der Waals surface area contributed by atoms with Crippen LogP contribution in [0.25, 0.3) is 22.5 Å². The van der Waals surface area contributed by atoms with Crippen LogP contribution >= 0.6 is 0 Å². The van der Waals surface area contributed by atoms with Crippen molar-refractivity contribution in [2.75, 3.05) is 25.0 Å². The summed E-state index contributed by atoms with van der Waals surface area (Å²) >= 11 is 0. The topological polar surface area (TPSA) is 181 Å². The van der Waals surface area contributed by atoms with Crippen LogP contribution in [-0.2, 0) is 16.0 Å². The molecule has 2 aliphatic rings. The molecule has 2 amide bonds. The smallest absolute Gasteiger partial charge is 0.270 e. The summed E-state index contributed by atoms with van der Waals surface area (Å²) in [5.74, 6) is -3.27. The zero-order valence-electron chi connectivity index (χ0n) is 28.5. The zero-order chi connectivity index (χ0) is 36.0. The minimum Gasteiger partial charge on any atom is -0.346 e. The number of nitrogens with two attached hydrogens (primary N) is 1. The standard InChI is InChI=1S/C37H43F2N9O3/c1-22-14-32(36(51)44-30-17-37(38,39)21-41-19-30)42-20-31(22)25-6-2-23(3-7-25)15-28(16-33(49)26-8-4-24(18-40)5-9-26)35(50)43-29-12-10-27(11-13-29)34-45-47-48-46-34/h2-3,6-7,10-14,20,24,26,28,30,41H,4-5,8-9,15-19,21,40H2,1H3,(H,43,50)(H,44,51)(H,45,46,47,48)/t24?,26?,28-,30?/m1/s1. The summed E-state index contributed by atoms with van der Waals surface area (Å²) < 4.78 is 27.5. The molecule has 2 fully saturated rings. The number of aromatic nitrogens is 5. The average Bonchev–Trinajstić information content (AvgIpc) is 3.67. The quantitative estimate of drug-likeness (QED) is 0.142. The van der Waals surface area contributed by atoms with Gasteiger partial charge in [-0.2, -0.15) is 5.21 Å². The molecule has 12 nitrogen and oxygen atoms in total. The lowest BCUT2D eigenvalue weighted by atomic mass is 9.77. The Morgan fingerprint density at radius 3 is 2.39 bits per heavy atom. The Hall–Kier alpha value is -4.95. The molecule has 4 aromatic rings. The molecule has 2 atom stereocenters. The lowest BCUT2D eigenvalue weighted by molar-refractivity contribution is -0.129. The number of tetrazole rings is 1. The fourth-order valence-electron chi connectivity index (χ4n) is 7.00. The number of anilines is 1. The van der Waals surface area contributed by atoms with Crippen LogP contribution in [0.15, 0.2) is 60.8 Å². The van der Waals surface area contributed by atoms with Crippen molar-refractivity contribution in [3.05, 3.63) is 77.6 Å². The molecule has 1 unspecified atom stereocenters. The molecule has 1 saturated heterocycles. The Morgan fingerprint density at radius 1 is 1.02 bits per heavy atom. The number of halogens is 2. The van der Waals surface area contributed by atoms with Gasteiger partial charge in [-0.25, -0.2) is 8.78 Å². The van der Waals surface area contributed by atoms with Gasteiger partial charge >= 0.3 is 0 Å². The lowest BCUT2D eigenvalue weighted by Crippen LogP contribution is -2.53. The molecule has 6 N–H and O–H groups in total. The van der Waals surface area contributed by atoms with E-state index in [4.69, 9.17) is 5.73 Å². The number of H-pyrrole nitrogens is 1. The number of rotatable bonds is 12. The van der Waals surface area contributed by atoms with Crippen LogP contribution in [0.1, 0.15) is 60.1 Å². The normalized spacial score (nSPS) is 20.7. The molecule has 1 saturated carbocycles. The molecule has 0 bridgehead atoms. The van der Waals surface area contributed by atoms with Gasteiger partial charge in [-0.3, -0.25) is 19.4 Å². The number of piperidine rings is 1. The van der Waals surface area contributed by atoms with Gasteiger partial charge in [0, 0.05) is 60.3 Å². The molecule has 6 rings (SSSR count). The largest absolute Gasteiger partial charge is 0.346 e. The van der Waals surface area contributed by atoms with E-state index in [-0.39, 0.29) is 36.3 Å². The van der Waals surface area contributed by atoms with Crippen LogP contribution in [0.2, 0.25) is 0 Å². The number of nitrogens with one attached hydrogen (secondary N) is 4. The number of aryl methyl sites for hydroxylation is 1. The first-order valence-electron chi connectivity index (χ1n) is 17.4. The van der Waals surface area contributed by atoms with Crippen molar-refractivity contribution in [3.63, 3.8) is 0 Å². The summed E-state index contributed by atoms with van der Waals surface area (Å²) in [5, 5.41) is 22.3. The molecule has 268 valence electrons. The predicted octanol–water partition coefficient (Wildman–Crippen LogP) is 4.49. The van der Waals surface area contributed by atoms with Crippen LogP contribution < -0.4 is 21.7 Å². The molecular weight excluding hydrogens is 656 g/mol. The maximum absolute atomic E-state index is 13.8. The second kappa shape index (κ2) is 15.9. The number of nitrogens with zero attached hydrogens (tertiary/aromatic N) is 4. The summed E-state index contributed by atoms with van der Waals surface area (Å²) in [5.41, 5.74) is 10.7. The third-order valence-corrected chi connectivity index (χ3v) is 9.95. The number of alkyl halides is 2. The molecule has 1 aliphatic heterocycles. The Bertz CT molecular complexity index is 1810. The number of hydrogen-bond acceptors (Lipinski definition) is 9. The highest BCUT2D eigenvalue weighted by atomic mass is 19.3. The Labute approximate surface area is 294 Å². The fraction of sp³-hybridized carbons (Fsp3) is 0.432. The summed E-state index contributed by atoms with van der Waals surface area (Å²) in [6.45, 7) is 2.36. The van der Waals surface area contributed by atoms with E-state index in [1.165, 1.54) is 0 Å². The number of ketones is 1. The lowest BCUT2D eigenvalue weighted by Gasteiger charge is -2.30. The molecule has 14 heteroatoms. The van der Waals surface area contributed by atoms with E-state index in [0.29, 0.717) is 30.4 Å². The minimum atomic E-state index is -2.87. The first-order chi connectivity index (χ1) is 24.6. The highest BCUT2D eigenvalue weighted by Crippen LogP contribution is 2.32. The fourth-order valence-corrected chi connectivity index (χ4v) is 7.00. The van der Waals surface area contributed by atoms with Crippen molar-refractivity contribution in [1.82, 2.24) is 36.2 Å². The van der Waals surface area contributed by atoms with Crippen molar-refractivity contribution in [2.45, 2.75) is 63.8 Å². The van der Waals surface area contributed by atoms with E-state index < -0.39 is 36.8 Å². The first-order valence-corrected chi connectivity index (χ1v) is 17.4. The van der Waals surface area contributed by atoms with E-state index in [2.05, 4.69) is 41.6 Å². The number of pyridine rings is 1. The van der Waals surface area contributed by atoms with Crippen molar-refractivity contribution in [2.24, 2.45) is 23.5 Å². The molecule has 2 aromatic heterocycles. The minimum absolute atomic E-state index is 0.0690. The highest BCUT2D eigenvalue weighted by Gasteiger charge is 2.37. The van der Waals surface area contributed by atoms with Gasteiger partial charge in [-0.05, 0) is 104 Å². The van der Waals surface area contributed by atoms with Crippen molar-refractivity contribution >= 4 is 23.3 Å². The average molecular weight is 700 g/mol. The molecular formula is C37H43F2N9O3. The number of carbonyl (C=O) groups excluding carboxylic acids is 3. The number of Topliss-reactive ketones (excluding diaryl/α,β-unsaturated/α-hetero) is 1. The van der Waals surface area contributed by atoms with Gasteiger partial charge in [-0.15, -0.1) is 10.2 Å². The molecule has 51 heavy (non-hydrogen) atoms. The third kappa shape index (κ3) is 9.24. The maximum atomic E-state index is 13.8. The number of hydrogen-bond donors (Lipinski definition) is 5. The Morgan fingerprint density at radius 2 is 1.75 bits per heavy atom. The molecule has 3 heterocycles. The van der Waals surface area contributed by atoms with Gasteiger partial charge in [0.25, 0.3) is 11.8 Å². The first kappa shape index (κ1) is 35.9. The van der Waals surface area contributed by atoms with E-state index >= 15 is 0 Å². The van der Waals surface area contributed by atoms with E-state index in [1.807, 2.05) is 31.2 Å². The van der Waals surface area contributed by atoms with Crippen molar-refractivity contribution in [3.8, 4) is 22.5 Å². The molecule has 0 radical (unpaired) electrons. The number of amides is 2.